The van der Waals surface area contributed by atoms with Crippen LogP contribution in [-0.4, -0.2) is 42.2 Å². The summed E-state index contributed by atoms with van der Waals surface area (Å²) in [5, 5.41) is -0.537. The standard InChI is InChI=1S/C12H15F3N2O3S/c1-8(2)21(18,19)17-6-10(7-17)20-11-5-9(3-4-16-11)12(13,14)15/h3-5,8,10H,6-7H2,1-2H3. The molecule has 1 fully saturated rings. The first kappa shape index (κ1) is 16.0. The Morgan fingerprint density at radius 1 is 1.38 bits per heavy atom. The second-order valence-electron chi connectivity index (χ2n) is 5.03. The summed E-state index contributed by atoms with van der Waals surface area (Å²) in [5.41, 5.74) is -0.849. The van der Waals surface area contributed by atoms with E-state index in [4.69, 9.17) is 4.74 Å². The summed E-state index contributed by atoms with van der Waals surface area (Å²) in [5.74, 6) is -0.156. The smallest absolute Gasteiger partial charge is 0.416 e. The molecule has 118 valence electrons. The van der Waals surface area contributed by atoms with Crippen molar-refractivity contribution >= 4 is 10.0 Å². The molecule has 1 aliphatic heterocycles. The van der Waals surface area contributed by atoms with Crippen LogP contribution in [0.15, 0.2) is 18.3 Å². The van der Waals surface area contributed by atoms with Crippen molar-refractivity contribution in [3.8, 4) is 5.88 Å². The summed E-state index contributed by atoms with van der Waals surface area (Å²) in [4.78, 5) is 3.71. The van der Waals surface area contributed by atoms with Crippen LogP contribution in [-0.2, 0) is 16.2 Å². The molecule has 21 heavy (non-hydrogen) atoms. The minimum atomic E-state index is -4.46. The molecule has 0 N–H and O–H groups in total. The Balaban J connectivity index is 1.97. The van der Waals surface area contributed by atoms with Gasteiger partial charge in [-0.15, -0.1) is 0 Å². The molecule has 2 rings (SSSR count). The Bertz CT molecular complexity index is 610. The van der Waals surface area contributed by atoms with Crippen LogP contribution in [0.25, 0.3) is 0 Å². The van der Waals surface area contributed by atoms with Crippen molar-refractivity contribution in [1.82, 2.24) is 9.29 Å². The van der Waals surface area contributed by atoms with Crippen LogP contribution in [0.4, 0.5) is 13.2 Å². The molecule has 9 heteroatoms. The molecule has 1 saturated heterocycles. The highest BCUT2D eigenvalue weighted by Gasteiger charge is 2.39. The van der Waals surface area contributed by atoms with Gasteiger partial charge in [0.2, 0.25) is 15.9 Å². The summed E-state index contributed by atoms with van der Waals surface area (Å²) < 4.78 is 67.7. The molecule has 0 radical (unpaired) electrons. The molecule has 1 aromatic heterocycles. The highest BCUT2D eigenvalue weighted by atomic mass is 32.2. The average Bonchev–Trinajstić information content (AvgIpc) is 2.32. The topological polar surface area (TPSA) is 59.5 Å². The Morgan fingerprint density at radius 2 is 2.00 bits per heavy atom. The van der Waals surface area contributed by atoms with Crippen molar-refractivity contribution in [2.45, 2.75) is 31.4 Å². The third-order valence-corrected chi connectivity index (χ3v) is 5.33. The summed E-state index contributed by atoms with van der Waals surface area (Å²) in [6, 6.07) is 1.66. The quantitative estimate of drug-likeness (QED) is 0.849. The van der Waals surface area contributed by atoms with E-state index in [1.165, 1.54) is 4.31 Å². The molecule has 0 amide bonds. The van der Waals surface area contributed by atoms with Gasteiger partial charge in [0.15, 0.2) is 0 Å². The Morgan fingerprint density at radius 3 is 2.52 bits per heavy atom. The van der Waals surface area contributed by atoms with E-state index in [-0.39, 0.29) is 19.0 Å². The van der Waals surface area contributed by atoms with Crippen LogP contribution in [0.2, 0.25) is 0 Å². The molecular weight excluding hydrogens is 309 g/mol. The van der Waals surface area contributed by atoms with E-state index in [1.807, 2.05) is 0 Å². The fourth-order valence-corrected chi connectivity index (χ4v) is 3.15. The van der Waals surface area contributed by atoms with Crippen molar-refractivity contribution in [3.05, 3.63) is 23.9 Å². The molecule has 1 aromatic rings. The monoisotopic (exact) mass is 324 g/mol. The number of sulfonamides is 1. The number of nitrogens with zero attached hydrogens (tertiary/aromatic N) is 2. The molecule has 0 saturated carbocycles. The number of alkyl halides is 3. The van der Waals surface area contributed by atoms with Crippen molar-refractivity contribution in [2.75, 3.05) is 13.1 Å². The molecule has 1 aliphatic rings. The summed E-state index contributed by atoms with van der Waals surface area (Å²) >= 11 is 0. The van der Waals surface area contributed by atoms with Gasteiger partial charge in [-0.05, 0) is 19.9 Å². The zero-order valence-corrected chi connectivity index (χ0v) is 12.3. The lowest BCUT2D eigenvalue weighted by molar-refractivity contribution is -0.137. The SMILES string of the molecule is CC(C)S(=O)(=O)N1CC(Oc2cc(C(F)(F)F)ccn2)C1. The number of rotatable bonds is 4. The number of hydrogen-bond donors (Lipinski definition) is 0. The van der Waals surface area contributed by atoms with E-state index in [0.717, 1.165) is 18.3 Å². The number of hydrogen-bond acceptors (Lipinski definition) is 4. The van der Waals surface area contributed by atoms with Crippen molar-refractivity contribution in [3.63, 3.8) is 0 Å². The van der Waals surface area contributed by atoms with E-state index < -0.39 is 33.1 Å². The van der Waals surface area contributed by atoms with Crippen LogP contribution in [0.3, 0.4) is 0 Å². The Hall–Kier alpha value is -1.35. The van der Waals surface area contributed by atoms with Gasteiger partial charge in [-0.25, -0.2) is 13.4 Å². The fraction of sp³-hybridized carbons (Fsp3) is 0.583. The van der Waals surface area contributed by atoms with Gasteiger partial charge in [-0.1, -0.05) is 0 Å². The number of aromatic nitrogens is 1. The molecular formula is C12H15F3N2O3S. The Labute approximate surface area is 120 Å². The second-order valence-corrected chi connectivity index (χ2v) is 7.52. The summed E-state index contributed by atoms with van der Waals surface area (Å²) in [6.45, 7) is 3.38. The lowest BCUT2D eigenvalue weighted by atomic mass is 10.2. The second kappa shape index (κ2) is 5.45. The molecule has 2 heterocycles. The first-order valence-corrected chi connectivity index (χ1v) is 7.80. The van der Waals surface area contributed by atoms with Crippen LogP contribution in [0.1, 0.15) is 19.4 Å². The van der Waals surface area contributed by atoms with E-state index in [2.05, 4.69) is 4.98 Å². The van der Waals surface area contributed by atoms with Crippen LogP contribution in [0, 0.1) is 0 Å². The van der Waals surface area contributed by atoms with Gasteiger partial charge < -0.3 is 4.74 Å². The highest BCUT2D eigenvalue weighted by Crippen LogP contribution is 2.31. The third-order valence-electron chi connectivity index (χ3n) is 3.12. The zero-order chi connectivity index (χ0) is 15.8. The van der Waals surface area contributed by atoms with E-state index in [9.17, 15) is 21.6 Å². The molecule has 0 atom stereocenters. The molecule has 0 aliphatic carbocycles. The molecule has 0 unspecified atom stereocenters. The third kappa shape index (κ3) is 3.46. The van der Waals surface area contributed by atoms with E-state index >= 15 is 0 Å². The predicted molar refractivity (Wildman–Crippen MR) is 69.3 cm³/mol. The van der Waals surface area contributed by atoms with Crippen molar-refractivity contribution in [1.29, 1.82) is 0 Å². The molecule has 0 aromatic carbocycles. The van der Waals surface area contributed by atoms with Gasteiger partial charge in [0.25, 0.3) is 0 Å². The van der Waals surface area contributed by atoms with Gasteiger partial charge in [0.05, 0.1) is 23.9 Å². The van der Waals surface area contributed by atoms with Crippen LogP contribution < -0.4 is 4.74 Å². The van der Waals surface area contributed by atoms with Gasteiger partial charge in [0.1, 0.15) is 6.10 Å². The minimum Gasteiger partial charge on any atom is -0.472 e. The zero-order valence-electron chi connectivity index (χ0n) is 11.5. The van der Waals surface area contributed by atoms with Gasteiger partial charge in [-0.3, -0.25) is 0 Å². The van der Waals surface area contributed by atoms with Crippen molar-refractivity contribution < 1.29 is 26.3 Å². The van der Waals surface area contributed by atoms with Gasteiger partial charge >= 0.3 is 6.18 Å². The molecule has 0 bridgehead atoms. The van der Waals surface area contributed by atoms with E-state index in [1.54, 1.807) is 13.8 Å². The van der Waals surface area contributed by atoms with Crippen LogP contribution in [0.5, 0.6) is 5.88 Å². The normalized spacial score (nSPS) is 17.8. The maximum absolute atomic E-state index is 12.5. The Kier molecular flexibility index (Phi) is 4.16. The predicted octanol–water partition coefficient (Wildman–Crippen LogP) is 1.90. The van der Waals surface area contributed by atoms with E-state index in [0.29, 0.717) is 0 Å². The number of halogens is 3. The van der Waals surface area contributed by atoms with Gasteiger partial charge in [0, 0.05) is 12.3 Å². The number of pyridine rings is 1. The molecule has 0 spiro atoms. The maximum atomic E-state index is 12.5. The first-order valence-electron chi connectivity index (χ1n) is 6.29. The lowest BCUT2D eigenvalue weighted by Crippen LogP contribution is -2.57. The van der Waals surface area contributed by atoms with Crippen LogP contribution >= 0.6 is 0 Å². The summed E-state index contributed by atoms with van der Waals surface area (Å²) in [6.07, 6.45) is -3.93. The lowest BCUT2D eigenvalue weighted by Gasteiger charge is -2.38. The maximum Gasteiger partial charge on any atom is 0.416 e. The molecule has 5 nitrogen and oxygen atoms in total. The highest BCUT2D eigenvalue weighted by molar-refractivity contribution is 7.89. The van der Waals surface area contributed by atoms with Crippen molar-refractivity contribution in [2.24, 2.45) is 0 Å². The largest absolute Gasteiger partial charge is 0.472 e. The van der Waals surface area contributed by atoms with Gasteiger partial charge in [-0.2, -0.15) is 17.5 Å². The summed E-state index contributed by atoms with van der Waals surface area (Å²) in [7, 11) is -3.34. The fourth-order valence-electron chi connectivity index (χ4n) is 1.80. The number of ether oxygens (including phenoxy) is 1. The average molecular weight is 324 g/mol. The minimum absolute atomic E-state index is 0.123. The first-order chi connectivity index (χ1) is 9.60.